The van der Waals surface area contributed by atoms with E-state index in [4.69, 9.17) is 0 Å². The smallest absolute Gasteiger partial charge is 0.240 e. The summed E-state index contributed by atoms with van der Waals surface area (Å²) in [6.07, 6.45) is 5.15. The molecular formula is C12H11BrN2O. The first-order valence-electron chi connectivity index (χ1n) is 5.03. The van der Waals surface area contributed by atoms with Gasteiger partial charge in [-0.3, -0.25) is 4.79 Å². The third-order valence-corrected chi connectivity index (χ3v) is 2.80. The van der Waals surface area contributed by atoms with Gasteiger partial charge in [-0.25, -0.2) is 5.43 Å². The Morgan fingerprint density at radius 2 is 1.94 bits per heavy atom. The summed E-state index contributed by atoms with van der Waals surface area (Å²) in [5.74, 6) is -0.0132. The zero-order valence-electron chi connectivity index (χ0n) is 8.61. The van der Waals surface area contributed by atoms with Crippen molar-refractivity contribution in [2.24, 2.45) is 5.10 Å². The van der Waals surface area contributed by atoms with Crippen molar-refractivity contribution in [3.63, 3.8) is 0 Å². The van der Waals surface area contributed by atoms with E-state index in [2.05, 4.69) is 26.5 Å². The minimum atomic E-state index is -0.0132. The van der Waals surface area contributed by atoms with Crippen LogP contribution >= 0.6 is 15.9 Å². The van der Waals surface area contributed by atoms with Crippen molar-refractivity contribution in [3.05, 3.63) is 40.4 Å². The topological polar surface area (TPSA) is 41.5 Å². The average molecular weight is 279 g/mol. The Hall–Kier alpha value is -1.42. The van der Waals surface area contributed by atoms with E-state index in [9.17, 15) is 4.79 Å². The highest BCUT2D eigenvalue weighted by Gasteiger charge is 2.08. The Morgan fingerprint density at radius 3 is 2.56 bits per heavy atom. The molecule has 82 valence electrons. The lowest BCUT2D eigenvalue weighted by molar-refractivity contribution is -0.121. The monoisotopic (exact) mass is 278 g/mol. The van der Waals surface area contributed by atoms with Crippen molar-refractivity contribution >= 4 is 33.6 Å². The maximum absolute atomic E-state index is 10.9. The van der Waals surface area contributed by atoms with Crippen LogP contribution in [0.1, 0.15) is 18.4 Å². The molecule has 0 aliphatic carbocycles. The summed E-state index contributed by atoms with van der Waals surface area (Å²) in [5, 5.41) is 3.96. The van der Waals surface area contributed by atoms with Crippen LogP contribution in [0.25, 0.3) is 6.08 Å². The highest BCUT2D eigenvalue weighted by molar-refractivity contribution is 9.10. The molecule has 0 saturated carbocycles. The van der Waals surface area contributed by atoms with E-state index >= 15 is 0 Å². The number of hydrazone groups is 1. The molecule has 0 unspecified atom stereocenters. The van der Waals surface area contributed by atoms with Crippen LogP contribution in [0.2, 0.25) is 0 Å². The number of allylic oxidation sites excluding steroid dienone is 1. The first-order chi connectivity index (χ1) is 7.74. The van der Waals surface area contributed by atoms with Crippen LogP contribution < -0.4 is 5.43 Å². The van der Waals surface area contributed by atoms with E-state index in [-0.39, 0.29) is 5.91 Å². The van der Waals surface area contributed by atoms with Crippen LogP contribution in [0.5, 0.6) is 0 Å². The van der Waals surface area contributed by atoms with E-state index in [0.29, 0.717) is 12.8 Å². The molecule has 0 spiro atoms. The van der Waals surface area contributed by atoms with Gasteiger partial charge in [0.1, 0.15) is 0 Å². The fraction of sp³-hybridized carbons (Fsp3) is 0.167. The van der Waals surface area contributed by atoms with Crippen molar-refractivity contribution < 1.29 is 4.79 Å². The van der Waals surface area contributed by atoms with E-state index in [1.54, 1.807) is 0 Å². The maximum atomic E-state index is 10.9. The lowest BCUT2D eigenvalue weighted by Crippen LogP contribution is -2.24. The number of hydrogen-bond donors (Lipinski definition) is 1. The number of amides is 1. The van der Waals surface area contributed by atoms with E-state index in [1.807, 2.05) is 36.4 Å². The second-order valence-electron chi connectivity index (χ2n) is 3.52. The number of carbonyl (C=O) groups is 1. The third-order valence-electron chi connectivity index (χ3n) is 2.27. The predicted octanol–water partition coefficient (Wildman–Crippen LogP) is 2.73. The lowest BCUT2D eigenvalue weighted by atomic mass is 10.1. The van der Waals surface area contributed by atoms with Crippen molar-refractivity contribution in [1.29, 1.82) is 0 Å². The van der Waals surface area contributed by atoms with Gasteiger partial charge >= 0.3 is 0 Å². The molecule has 0 bridgehead atoms. The number of hydrogen-bond acceptors (Lipinski definition) is 2. The zero-order chi connectivity index (χ0) is 11.4. The first kappa shape index (κ1) is 11.1. The van der Waals surface area contributed by atoms with Gasteiger partial charge in [-0.2, -0.15) is 5.10 Å². The molecule has 1 aromatic rings. The maximum Gasteiger partial charge on any atom is 0.240 e. The van der Waals surface area contributed by atoms with Gasteiger partial charge in [-0.05, 0) is 23.8 Å². The largest absolute Gasteiger partial charge is 0.273 e. The molecule has 1 aliphatic rings. The summed E-state index contributed by atoms with van der Waals surface area (Å²) in [6.45, 7) is 0. The molecule has 1 N–H and O–H groups in total. The van der Waals surface area contributed by atoms with E-state index in [0.717, 1.165) is 15.7 Å². The Bertz CT molecular complexity index is 449. The molecule has 0 aromatic heterocycles. The number of carbonyl (C=O) groups excluding carboxylic acids is 1. The predicted molar refractivity (Wildman–Crippen MR) is 68.0 cm³/mol. The molecule has 1 aromatic carbocycles. The highest BCUT2D eigenvalue weighted by atomic mass is 79.9. The molecule has 16 heavy (non-hydrogen) atoms. The normalized spacial score (nSPS) is 16.1. The van der Waals surface area contributed by atoms with Gasteiger partial charge in [0.2, 0.25) is 5.91 Å². The molecule has 0 saturated heterocycles. The van der Waals surface area contributed by atoms with Gasteiger partial charge < -0.3 is 0 Å². The third kappa shape index (κ3) is 3.03. The van der Waals surface area contributed by atoms with Gasteiger partial charge in [-0.15, -0.1) is 0 Å². The Morgan fingerprint density at radius 1 is 1.19 bits per heavy atom. The Balaban J connectivity index is 2.04. The van der Waals surface area contributed by atoms with Crippen molar-refractivity contribution in [2.75, 3.05) is 0 Å². The summed E-state index contributed by atoms with van der Waals surface area (Å²) in [7, 11) is 0. The summed E-state index contributed by atoms with van der Waals surface area (Å²) in [6, 6.07) is 8.01. The molecule has 1 aliphatic heterocycles. The molecule has 4 heteroatoms. The van der Waals surface area contributed by atoms with Gasteiger partial charge in [0.05, 0.1) is 5.71 Å². The molecule has 0 radical (unpaired) electrons. The van der Waals surface area contributed by atoms with Crippen LogP contribution in [0.3, 0.4) is 0 Å². The fourth-order valence-corrected chi connectivity index (χ4v) is 1.64. The van der Waals surface area contributed by atoms with Crippen molar-refractivity contribution in [3.8, 4) is 0 Å². The Kier molecular flexibility index (Phi) is 3.51. The molecule has 1 heterocycles. The van der Waals surface area contributed by atoms with Crippen LogP contribution in [-0.4, -0.2) is 11.6 Å². The highest BCUT2D eigenvalue weighted by Crippen LogP contribution is 2.12. The first-order valence-corrected chi connectivity index (χ1v) is 5.82. The Labute approximate surface area is 102 Å². The molecule has 0 fully saturated rings. The second kappa shape index (κ2) is 5.07. The quantitative estimate of drug-likeness (QED) is 0.888. The summed E-state index contributed by atoms with van der Waals surface area (Å²) < 4.78 is 1.06. The van der Waals surface area contributed by atoms with Crippen LogP contribution in [0, 0.1) is 0 Å². The standard InChI is InChI=1S/C12H11BrN2O/c13-10-4-1-9(2-5-10)3-6-11-7-8-12(16)15-14-11/h1-6H,7-8H2,(H,15,16). The van der Waals surface area contributed by atoms with Gasteiger partial charge in [0, 0.05) is 17.3 Å². The molecule has 2 rings (SSSR count). The molecule has 1 amide bonds. The zero-order valence-corrected chi connectivity index (χ0v) is 10.2. The van der Waals surface area contributed by atoms with Crippen LogP contribution in [0.15, 0.2) is 39.9 Å². The van der Waals surface area contributed by atoms with Gasteiger partial charge in [0.25, 0.3) is 0 Å². The number of rotatable bonds is 2. The van der Waals surface area contributed by atoms with Gasteiger partial charge in [0.15, 0.2) is 0 Å². The van der Waals surface area contributed by atoms with E-state index < -0.39 is 0 Å². The van der Waals surface area contributed by atoms with Crippen molar-refractivity contribution in [2.45, 2.75) is 12.8 Å². The minimum Gasteiger partial charge on any atom is -0.273 e. The fourth-order valence-electron chi connectivity index (χ4n) is 1.37. The number of halogens is 1. The summed E-state index contributed by atoms with van der Waals surface area (Å²) >= 11 is 3.38. The van der Waals surface area contributed by atoms with E-state index in [1.165, 1.54) is 0 Å². The van der Waals surface area contributed by atoms with Crippen molar-refractivity contribution in [1.82, 2.24) is 5.43 Å². The van der Waals surface area contributed by atoms with Crippen LogP contribution in [-0.2, 0) is 4.79 Å². The second-order valence-corrected chi connectivity index (χ2v) is 4.44. The number of benzene rings is 1. The van der Waals surface area contributed by atoms with Gasteiger partial charge in [-0.1, -0.05) is 34.1 Å². The number of nitrogens with zero attached hydrogens (tertiary/aromatic N) is 1. The SMILES string of the molecule is O=C1CCC(C=Cc2ccc(Br)cc2)=NN1. The van der Waals surface area contributed by atoms with Crippen LogP contribution in [0.4, 0.5) is 0 Å². The summed E-state index contributed by atoms with van der Waals surface area (Å²) in [4.78, 5) is 10.9. The molecule has 3 nitrogen and oxygen atoms in total. The summed E-state index contributed by atoms with van der Waals surface area (Å²) in [5.41, 5.74) is 4.49. The lowest BCUT2D eigenvalue weighted by Gasteiger charge is -2.07. The number of nitrogens with one attached hydrogen (secondary N) is 1. The molecular weight excluding hydrogens is 268 g/mol. The average Bonchev–Trinajstić information content (AvgIpc) is 2.30. The minimum absolute atomic E-state index is 0.0132. The molecule has 0 atom stereocenters.